The first-order valence-electron chi connectivity index (χ1n) is 11.8. The van der Waals surface area contributed by atoms with Crippen LogP contribution in [0.15, 0.2) is 33.5 Å². The molecular formula is C24H31N3O5. The minimum atomic E-state index is -0.455. The van der Waals surface area contributed by atoms with Gasteiger partial charge < -0.3 is 19.0 Å². The Balaban J connectivity index is 1.39. The predicted octanol–water partition coefficient (Wildman–Crippen LogP) is 2.39. The number of rotatable bonds is 4. The van der Waals surface area contributed by atoms with Gasteiger partial charge in [-0.2, -0.15) is 0 Å². The molecule has 172 valence electrons. The lowest BCUT2D eigenvalue weighted by molar-refractivity contribution is -0.160. The number of likely N-dealkylation sites (tertiary alicyclic amines) is 2. The van der Waals surface area contributed by atoms with Crippen LogP contribution in [0, 0.1) is 5.41 Å². The van der Waals surface area contributed by atoms with E-state index in [1.165, 1.54) is 4.57 Å². The van der Waals surface area contributed by atoms with Gasteiger partial charge in [0.15, 0.2) is 5.58 Å². The number of benzene rings is 1. The second-order valence-electron chi connectivity index (χ2n) is 9.34. The molecule has 32 heavy (non-hydrogen) atoms. The van der Waals surface area contributed by atoms with E-state index in [9.17, 15) is 14.4 Å². The summed E-state index contributed by atoms with van der Waals surface area (Å²) < 4.78 is 12.4. The molecule has 2 amide bonds. The number of amides is 2. The lowest BCUT2D eigenvalue weighted by atomic mass is 9.67. The van der Waals surface area contributed by atoms with Gasteiger partial charge in [0, 0.05) is 51.2 Å². The smallest absolute Gasteiger partial charge is 0.408 e. The maximum absolute atomic E-state index is 13.7. The van der Waals surface area contributed by atoms with E-state index < -0.39 is 11.8 Å². The van der Waals surface area contributed by atoms with Gasteiger partial charge in [0.25, 0.3) is 0 Å². The molecule has 5 rings (SSSR count). The first-order valence-corrected chi connectivity index (χ1v) is 11.8. The van der Waals surface area contributed by atoms with Gasteiger partial charge in [0.2, 0.25) is 11.8 Å². The minimum Gasteiger partial charge on any atom is -0.408 e. The number of aryl methyl sites for hydroxylation is 1. The van der Waals surface area contributed by atoms with Crippen LogP contribution in [0.3, 0.4) is 0 Å². The van der Waals surface area contributed by atoms with Gasteiger partial charge in [0.1, 0.15) is 6.04 Å². The predicted molar refractivity (Wildman–Crippen MR) is 118 cm³/mol. The molecule has 2 aromatic rings. The SMILES string of the molecule is O=C(C1N(C(=O)CCn2c(=O)oc3ccccc32)CCCC12CCOCC2)N1CCCC1. The molecule has 8 nitrogen and oxygen atoms in total. The van der Waals surface area contributed by atoms with Crippen LogP contribution in [0.1, 0.15) is 44.9 Å². The third-order valence-electron chi connectivity index (χ3n) is 7.55. The summed E-state index contributed by atoms with van der Waals surface area (Å²) in [7, 11) is 0. The number of hydrogen-bond donors (Lipinski definition) is 0. The molecule has 1 aromatic heterocycles. The quantitative estimate of drug-likeness (QED) is 0.727. The van der Waals surface area contributed by atoms with Gasteiger partial charge in [-0.05, 0) is 50.7 Å². The van der Waals surface area contributed by atoms with Crippen LogP contribution >= 0.6 is 0 Å². The highest BCUT2D eigenvalue weighted by Crippen LogP contribution is 2.45. The number of carbonyl (C=O) groups is 2. The second kappa shape index (κ2) is 8.73. The number of piperidine rings is 1. The molecule has 1 unspecified atom stereocenters. The highest BCUT2D eigenvalue weighted by molar-refractivity contribution is 5.89. The Hall–Kier alpha value is -2.61. The summed E-state index contributed by atoms with van der Waals surface area (Å²) in [6, 6.07) is 6.81. The average Bonchev–Trinajstić information content (AvgIpc) is 3.45. The number of fused-ring (bicyclic) bond motifs is 1. The number of carbonyl (C=O) groups excluding carboxylic acids is 2. The van der Waals surface area contributed by atoms with Crippen LogP contribution in [0.4, 0.5) is 0 Å². The van der Waals surface area contributed by atoms with Gasteiger partial charge in [-0.1, -0.05) is 12.1 Å². The topological polar surface area (TPSA) is 85.0 Å². The van der Waals surface area contributed by atoms with Crippen LogP contribution in [-0.4, -0.2) is 65.1 Å². The molecule has 3 aliphatic heterocycles. The summed E-state index contributed by atoms with van der Waals surface area (Å²) in [5, 5.41) is 0. The third kappa shape index (κ3) is 3.74. The van der Waals surface area contributed by atoms with Gasteiger partial charge in [-0.15, -0.1) is 0 Å². The Morgan fingerprint density at radius 3 is 2.53 bits per heavy atom. The van der Waals surface area contributed by atoms with Crippen molar-refractivity contribution >= 4 is 22.9 Å². The molecule has 1 atom stereocenters. The van der Waals surface area contributed by atoms with Crippen molar-refractivity contribution in [2.45, 2.75) is 57.5 Å². The van der Waals surface area contributed by atoms with Crippen LogP contribution in [0.2, 0.25) is 0 Å². The van der Waals surface area contributed by atoms with Crippen molar-refractivity contribution in [1.82, 2.24) is 14.4 Å². The number of aromatic nitrogens is 1. The van der Waals surface area contributed by atoms with Crippen LogP contribution in [-0.2, 0) is 20.9 Å². The summed E-state index contributed by atoms with van der Waals surface area (Å²) in [6.07, 6.45) is 5.69. The summed E-state index contributed by atoms with van der Waals surface area (Å²) in [6.45, 7) is 3.67. The van der Waals surface area contributed by atoms with Crippen molar-refractivity contribution in [3.63, 3.8) is 0 Å². The van der Waals surface area contributed by atoms with Crippen LogP contribution in [0.5, 0.6) is 0 Å². The number of oxazole rings is 1. The highest BCUT2D eigenvalue weighted by Gasteiger charge is 2.51. The maximum Gasteiger partial charge on any atom is 0.419 e. The Morgan fingerprint density at radius 1 is 1.00 bits per heavy atom. The Kier molecular flexibility index (Phi) is 5.80. The monoisotopic (exact) mass is 441 g/mol. The fourth-order valence-corrected chi connectivity index (χ4v) is 5.85. The third-order valence-corrected chi connectivity index (χ3v) is 7.55. The van der Waals surface area contributed by atoms with Crippen molar-refractivity contribution in [2.24, 2.45) is 5.41 Å². The Morgan fingerprint density at radius 2 is 1.75 bits per heavy atom. The fourth-order valence-electron chi connectivity index (χ4n) is 5.85. The molecule has 3 saturated heterocycles. The lowest BCUT2D eigenvalue weighted by Gasteiger charge is -2.51. The Labute approximate surface area is 187 Å². The maximum atomic E-state index is 13.7. The van der Waals surface area contributed by atoms with Crippen LogP contribution in [0.25, 0.3) is 11.1 Å². The van der Waals surface area contributed by atoms with E-state index in [0.29, 0.717) is 30.9 Å². The second-order valence-corrected chi connectivity index (χ2v) is 9.34. The van der Waals surface area contributed by atoms with E-state index >= 15 is 0 Å². The molecular weight excluding hydrogens is 410 g/mol. The van der Waals surface area contributed by atoms with Crippen molar-refractivity contribution in [1.29, 1.82) is 0 Å². The molecule has 0 saturated carbocycles. The molecule has 4 heterocycles. The molecule has 1 spiro atoms. The van der Waals surface area contributed by atoms with Crippen molar-refractivity contribution in [3.8, 4) is 0 Å². The van der Waals surface area contributed by atoms with E-state index in [1.807, 2.05) is 28.0 Å². The first-order chi connectivity index (χ1) is 15.6. The van der Waals surface area contributed by atoms with Gasteiger partial charge in [-0.3, -0.25) is 14.2 Å². The molecule has 1 aromatic carbocycles. The van der Waals surface area contributed by atoms with E-state index in [4.69, 9.17) is 9.15 Å². The van der Waals surface area contributed by atoms with E-state index in [2.05, 4.69) is 0 Å². The zero-order valence-electron chi connectivity index (χ0n) is 18.5. The summed E-state index contributed by atoms with van der Waals surface area (Å²) in [4.78, 5) is 43.2. The summed E-state index contributed by atoms with van der Waals surface area (Å²) in [5.74, 6) is -0.420. The Bertz CT molecular complexity index is 1040. The zero-order chi connectivity index (χ0) is 22.1. The lowest BCUT2D eigenvalue weighted by Crippen LogP contribution is -2.62. The number of hydrogen-bond acceptors (Lipinski definition) is 5. The van der Waals surface area contributed by atoms with Crippen molar-refractivity contribution in [3.05, 3.63) is 34.8 Å². The van der Waals surface area contributed by atoms with Crippen molar-refractivity contribution in [2.75, 3.05) is 32.8 Å². The van der Waals surface area contributed by atoms with E-state index in [-0.39, 0.29) is 30.2 Å². The van der Waals surface area contributed by atoms with Gasteiger partial charge >= 0.3 is 5.76 Å². The molecule has 0 radical (unpaired) electrons. The first kappa shape index (κ1) is 21.2. The zero-order valence-corrected chi connectivity index (χ0v) is 18.5. The van der Waals surface area contributed by atoms with Gasteiger partial charge in [-0.25, -0.2) is 4.79 Å². The molecule has 3 fully saturated rings. The minimum absolute atomic E-state index is 0.0645. The van der Waals surface area contributed by atoms with Crippen molar-refractivity contribution < 1.29 is 18.7 Å². The molecule has 8 heteroatoms. The van der Waals surface area contributed by atoms with Crippen LogP contribution < -0.4 is 5.76 Å². The molecule has 0 bridgehead atoms. The number of nitrogens with zero attached hydrogens (tertiary/aromatic N) is 3. The number of para-hydroxylation sites is 2. The van der Waals surface area contributed by atoms with E-state index in [1.54, 1.807) is 6.07 Å². The number of ether oxygens (including phenoxy) is 1. The summed E-state index contributed by atoms with van der Waals surface area (Å²) >= 11 is 0. The fraction of sp³-hybridized carbons (Fsp3) is 0.625. The average molecular weight is 442 g/mol. The van der Waals surface area contributed by atoms with Gasteiger partial charge in [0.05, 0.1) is 5.52 Å². The van der Waals surface area contributed by atoms with E-state index in [0.717, 1.165) is 51.6 Å². The highest BCUT2D eigenvalue weighted by atomic mass is 16.5. The molecule has 3 aliphatic rings. The molecule has 0 aliphatic carbocycles. The molecule has 0 N–H and O–H groups in total. The standard InChI is InChI=1S/C24H31N3O5/c28-20(8-15-26-18-6-1-2-7-19(18)32-23(26)30)27-14-5-9-24(10-16-31-17-11-24)21(27)22(29)25-12-3-4-13-25/h1-2,6-7,21H,3-5,8-17H2. The normalized spacial score (nSPS) is 23.2. The largest absolute Gasteiger partial charge is 0.419 e. The summed E-state index contributed by atoms with van der Waals surface area (Å²) in [5.41, 5.74) is 1.01.